The van der Waals surface area contributed by atoms with Gasteiger partial charge in [0.25, 0.3) is 0 Å². The van der Waals surface area contributed by atoms with Gasteiger partial charge in [-0.05, 0) is 51.4 Å². The largest absolute Gasteiger partial charge is 3.00 e. The molecule has 0 amide bonds. The molecule has 0 spiro atoms. The molecule has 0 aliphatic heterocycles. The van der Waals surface area contributed by atoms with Gasteiger partial charge in [0, 0.05) is 44.8 Å². The predicted octanol–water partition coefficient (Wildman–Crippen LogP) is -8.22. The Hall–Kier alpha value is 3.72. The summed E-state index contributed by atoms with van der Waals surface area (Å²) >= 11 is 8.42. The fourth-order valence-electron chi connectivity index (χ4n) is 1.02. The first-order valence-corrected chi connectivity index (χ1v) is 6.20. The van der Waals surface area contributed by atoms with Gasteiger partial charge < -0.3 is 77.1 Å². The molecule has 0 atom stereocenters. The Labute approximate surface area is 249 Å². The van der Waals surface area contributed by atoms with Crippen molar-refractivity contribution in [2.45, 2.75) is 0 Å². The Morgan fingerprint density at radius 3 is 1.00 bits per heavy atom. The monoisotopic (exact) mass is 602 g/mol. The number of thiol groups is 2. The van der Waals surface area contributed by atoms with E-state index in [0.717, 1.165) is 0 Å². The van der Waals surface area contributed by atoms with Crippen LogP contribution < -0.4 is 69.3 Å². The van der Waals surface area contributed by atoms with Gasteiger partial charge in [0.1, 0.15) is 0 Å². The van der Waals surface area contributed by atoms with Crippen molar-refractivity contribution in [2.24, 2.45) is 0 Å². The molecule has 11 radical (unpaired) electrons. The van der Waals surface area contributed by atoms with E-state index < -0.39 is 11.9 Å². The van der Waals surface area contributed by atoms with Crippen molar-refractivity contribution in [3.63, 3.8) is 0 Å². The second-order valence-corrected chi connectivity index (χ2v) is 3.98. The summed E-state index contributed by atoms with van der Waals surface area (Å²) in [4.78, 5) is 19.9. The second-order valence-electron chi connectivity index (χ2n) is 3.04. The fourth-order valence-corrected chi connectivity index (χ4v) is 1.02. The van der Waals surface area contributed by atoms with Gasteiger partial charge in [0.2, 0.25) is 0 Å². The molecule has 0 saturated heterocycles. The van der Waals surface area contributed by atoms with Gasteiger partial charge in [0.15, 0.2) is 0 Å². The summed E-state index contributed by atoms with van der Waals surface area (Å²) in [5, 5.41) is 20.3. The minimum Gasteiger partial charge on any atom is -0.818 e. The van der Waals surface area contributed by atoms with Crippen LogP contribution in [0.25, 0.3) is 0 Å². The minimum absolute atomic E-state index is 0. The Balaban J connectivity index is -0.0000000372. The average molecular weight is 598 g/mol. The van der Waals surface area contributed by atoms with Crippen LogP contribution in [0.2, 0.25) is 0 Å². The summed E-state index contributed by atoms with van der Waals surface area (Å²) in [5.74, 6) is -1.75. The molecule has 25 heavy (non-hydrogen) atoms. The van der Waals surface area contributed by atoms with Gasteiger partial charge in [-0.3, -0.25) is 0 Å². The van der Waals surface area contributed by atoms with Crippen LogP contribution in [0.1, 0.15) is 0 Å². The molecule has 12 heteroatoms. The Morgan fingerprint density at radius 2 is 0.920 bits per heavy atom. The van der Waals surface area contributed by atoms with E-state index in [1.54, 1.807) is 25.7 Å². The van der Waals surface area contributed by atoms with Crippen LogP contribution in [0.15, 0.2) is 0 Å². The number of carboxylic acid groups (broad SMARTS) is 2. The van der Waals surface area contributed by atoms with Crippen molar-refractivity contribution in [1.82, 2.24) is 0 Å². The molecular formula is C13H12Mo2Na2O4S4-. The first-order chi connectivity index (χ1) is 9.02. The van der Waals surface area contributed by atoms with Crippen molar-refractivity contribution in [3.8, 4) is 0 Å². The van der Waals surface area contributed by atoms with Gasteiger partial charge in [-0.1, -0.05) is 0 Å². The van der Waals surface area contributed by atoms with Gasteiger partial charge in [-0.2, -0.15) is 0 Å². The molecule has 4 nitrogen and oxygen atoms in total. The topological polar surface area (TPSA) is 80.3 Å². The normalized spacial score (nSPS) is 14.5. The molecule has 2 saturated carbocycles. The molecular weight excluding hydrogens is 586 g/mol. The van der Waals surface area contributed by atoms with Crippen LogP contribution in [0.4, 0.5) is 0 Å². The van der Waals surface area contributed by atoms with Crippen LogP contribution in [-0.4, -0.2) is 17.0 Å². The number of carbonyl (C=O) groups excluding carboxylic acids is 2. The number of carboxylic acids is 2. The maximum absolute atomic E-state index is 9.95. The predicted molar refractivity (Wildman–Crippen MR) is 88.0 cm³/mol. The zero-order chi connectivity index (χ0) is 14.7. The molecule has 0 N–H and O–H groups in total. The third kappa shape index (κ3) is 27.7. The first-order valence-electron chi connectivity index (χ1n) is 5.05. The first kappa shape index (κ1) is 46.8. The van der Waals surface area contributed by atoms with Gasteiger partial charge in [0.05, 0.1) is 0 Å². The minimum atomic E-state index is -1.12. The van der Waals surface area contributed by atoms with Crippen LogP contribution in [0, 0.1) is 63.2 Å². The molecule has 2 fully saturated rings. The number of hydrogen-bond donors (Lipinski definition) is 0. The molecule has 0 unspecified atom stereocenters. The molecule has 2 aliphatic rings. The third-order valence-electron chi connectivity index (χ3n) is 1.80. The second kappa shape index (κ2) is 32.4. The van der Waals surface area contributed by atoms with Crippen molar-refractivity contribution in [2.75, 3.05) is 5.08 Å². The average Bonchev–Trinajstić information content (AvgIpc) is 3.05. The Kier molecular flexibility index (Phi) is 60.6. The summed E-state index contributed by atoms with van der Waals surface area (Å²) in [7, 11) is 0. The number of hydrogen-bond acceptors (Lipinski definition) is 8. The van der Waals surface area contributed by atoms with E-state index in [-0.39, 0.29) is 140 Å². The number of carbonyl (C=O) groups is 2. The molecule has 0 heterocycles. The van der Waals surface area contributed by atoms with E-state index in [0.29, 0.717) is 5.08 Å². The zero-order valence-electron chi connectivity index (χ0n) is 13.5. The smallest absolute Gasteiger partial charge is 0.818 e. The number of aliphatic carboxylic acids is 2. The van der Waals surface area contributed by atoms with Gasteiger partial charge in [-0.15, -0.1) is 0 Å². The van der Waals surface area contributed by atoms with Crippen molar-refractivity contribution < 1.29 is 121 Å². The Bertz CT molecular complexity index is 259. The number of rotatable bonds is 2. The summed E-state index contributed by atoms with van der Waals surface area (Å²) in [5.41, 5.74) is 0. The molecule has 0 aromatic heterocycles. The van der Waals surface area contributed by atoms with Crippen LogP contribution in [0.3, 0.4) is 0 Å². The van der Waals surface area contributed by atoms with Crippen LogP contribution >= 0.6 is 0 Å². The molecule has 2 aliphatic carbocycles. The van der Waals surface area contributed by atoms with E-state index in [2.05, 4.69) is 25.3 Å². The summed E-state index contributed by atoms with van der Waals surface area (Å²) < 4.78 is 0. The third-order valence-corrected chi connectivity index (χ3v) is 1.80. The quantitative estimate of drug-likeness (QED) is 0.176. The summed E-state index contributed by atoms with van der Waals surface area (Å²) in [6, 6.07) is 0. The molecule has 127 valence electrons. The SMILES string of the molecule is O=C([O-])[C]1[CH][CH][CH][CH]1.O=C([O-])[C]1[CH][CH][CH][CH]1.[Mo+3].[Mo].[Na+].[Na+].[S-]C[S-].[SH-].[SH-]. The molecule has 2 rings (SSSR count). The van der Waals surface area contributed by atoms with Crippen molar-refractivity contribution in [3.05, 3.63) is 63.2 Å². The zero-order valence-corrected chi connectivity index (χ0v) is 24.9. The van der Waals surface area contributed by atoms with Crippen molar-refractivity contribution >= 4 is 64.2 Å². The fraction of sp³-hybridized carbons (Fsp3) is 0.0769. The van der Waals surface area contributed by atoms with Gasteiger partial charge >= 0.3 is 80.2 Å². The molecule has 0 aromatic carbocycles. The summed E-state index contributed by atoms with van der Waals surface area (Å²) in [6.45, 7) is 0. The molecule has 0 aromatic rings. The van der Waals surface area contributed by atoms with Crippen LogP contribution in [-0.2, 0) is 104 Å². The van der Waals surface area contributed by atoms with E-state index in [9.17, 15) is 19.8 Å². The van der Waals surface area contributed by atoms with E-state index in [1.807, 2.05) is 0 Å². The summed E-state index contributed by atoms with van der Waals surface area (Å²) in [6.07, 6.45) is 12.6. The van der Waals surface area contributed by atoms with E-state index >= 15 is 0 Å². The van der Waals surface area contributed by atoms with Crippen LogP contribution in [0.5, 0.6) is 0 Å². The maximum atomic E-state index is 9.95. The van der Waals surface area contributed by atoms with E-state index in [4.69, 9.17) is 0 Å². The standard InChI is InChI=1S/2C6H5O2.CH4S2.2Mo.2Na.2H2S/c2*7-6(8)5-3-1-2-4-5;2-1-3;;;;;;/h2*1-4H,(H,7,8);2-3H,1H2;;;;;2*1H2/q;;;;+3;2*+1;;/p-6. The van der Waals surface area contributed by atoms with E-state index in [1.165, 1.54) is 25.7 Å². The van der Waals surface area contributed by atoms with Gasteiger partial charge in [-0.25, -0.2) is 0 Å². The van der Waals surface area contributed by atoms with Crippen molar-refractivity contribution in [1.29, 1.82) is 0 Å². The maximum Gasteiger partial charge on any atom is 3.00 e. The molecule has 0 bridgehead atoms. The Morgan fingerprint density at radius 1 is 0.760 bits per heavy atom.